The Hall–Kier alpha value is -4.89. The molecule has 0 bridgehead atoms. The van der Waals surface area contributed by atoms with Crippen LogP contribution in [0.5, 0.6) is 11.5 Å². The Balaban J connectivity index is 1.20. The van der Waals surface area contributed by atoms with Crippen molar-refractivity contribution >= 4 is 56.2 Å². The number of pyridine rings is 1. The Morgan fingerprint density at radius 2 is 1.74 bits per heavy atom. The summed E-state index contributed by atoms with van der Waals surface area (Å²) in [5.74, 6) is 1.15. The number of nitrogens with one attached hydrogen (secondary N) is 3. The maximum Gasteiger partial charge on any atom is 0.331 e. The standard InChI is InChI=1S/C29H21N5O3S/c35-27(32-22-16-31-21-9-5-4-8-20(21)22)26-25-24-23(14-15-30-28(24)38-26)34(29(36)33-25)17-10-12-19(13-11-17)37-18-6-2-1-3-7-18/h1-15,22,31H,16H2,(H,32,35)(H,33,36)/t22-/m0/s1. The van der Waals surface area contributed by atoms with Gasteiger partial charge in [0.2, 0.25) is 0 Å². The minimum absolute atomic E-state index is 0.157. The van der Waals surface area contributed by atoms with Gasteiger partial charge >= 0.3 is 6.03 Å². The molecule has 8 nitrogen and oxygen atoms in total. The topological polar surface area (TPSA) is 95.6 Å². The number of benzene rings is 3. The van der Waals surface area contributed by atoms with Gasteiger partial charge in [0.05, 0.1) is 28.5 Å². The number of nitrogens with zero attached hydrogens (tertiary/aromatic N) is 2. The molecule has 38 heavy (non-hydrogen) atoms. The number of anilines is 4. The maximum atomic E-state index is 13.4. The average Bonchev–Trinajstić information content (AvgIpc) is 3.52. The van der Waals surface area contributed by atoms with E-state index < -0.39 is 0 Å². The number of ether oxygens (including phenoxy) is 1. The van der Waals surface area contributed by atoms with Gasteiger partial charge in [-0.1, -0.05) is 36.4 Å². The Labute approximate surface area is 221 Å². The number of hydrogen-bond acceptors (Lipinski definition) is 6. The van der Waals surface area contributed by atoms with E-state index in [2.05, 4.69) is 20.9 Å². The summed E-state index contributed by atoms with van der Waals surface area (Å²) in [5, 5.41) is 10.1. The lowest BCUT2D eigenvalue weighted by Crippen LogP contribution is -2.35. The fourth-order valence-corrected chi connectivity index (χ4v) is 5.95. The van der Waals surface area contributed by atoms with Crippen molar-refractivity contribution in [2.24, 2.45) is 0 Å². The van der Waals surface area contributed by atoms with E-state index in [9.17, 15) is 9.59 Å². The molecule has 7 rings (SSSR count). The molecule has 2 aliphatic heterocycles. The van der Waals surface area contributed by atoms with E-state index in [1.807, 2.05) is 78.9 Å². The van der Waals surface area contributed by atoms with Crippen LogP contribution in [0.4, 0.5) is 27.5 Å². The number of thiophene rings is 1. The summed E-state index contributed by atoms with van der Waals surface area (Å²) in [6.07, 6.45) is 1.66. The predicted octanol–water partition coefficient (Wildman–Crippen LogP) is 6.67. The zero-order valence-electron chi connectivity index (χ0n) is 20.0. The third-order valence-corrected chi connectivity index (χ3v) is 7.76. The number of amides is 3. The van der Waals surface area contributed by atoms with Crippen LogP contribution in [0.25, 0.3) is 10.2 Å². The second kappa shape index (κ2) is 8.89. The molecule has 0 radical (unpaired) electrons. The first kappa shape index (κ1) is 22.3. The summed E-state index contributed by atoms with van der Waals surface area (Å²) in [6, 6.07) is 26.0. The van der Waals surface area contributed by atoms with Crippen LogP contribution in [0.1, 0.15) is 21.3 Å². The van der Waals surface area contributed by atoms with E-state index >= 15 is 0 Å². The van der Waals surface area contributed by atoms with Gasteiger partial charge in [0.15, 0.2) is 0 Å². The smallest absolute Gasteiger partial charge is 0.331 e. The lowest BCUT2D eigenvalue weighted by Gasteiger charge is -2.28. The van der Waals surface area contributed by atoms with E-state index in [4.69, 9.17) is 4.74 Å². The number of rotatable bonds is 5. The minimum atomic E-state index is -0.345. The molecule has 2 aliphatic rings. The Morgan fingerprint density at radius 1 is 0.974 bits per heavy atom. The van der Waals surface area contributed by atoms with Crippen molar-refractivity contribution < 1.29 is 14.3 Å². The minimum Gasteiger partial charge on any atom is -0.457 e. The second-order valence-corrected chi connectivity index (χ2v) is 9.98. The molecule has 3 amide bonds. The maximum absolute atomic E-state index is 13.4. The fourth-order valence-electron chi connectivity index (χ4n) is 4.92. The van der Waals surface area contributed by atoms with Gasteiger partial charge in [-0.05, 0) is 54.1 Å². The number of fused-ring (bicyclic) bond motifs is 1. The summed E-state index contributed by atoms with van der Waals surface area (Å²) in [5.41, 5.74) is 3.91. The summed E-state index contributed by atoms with van der Waals surface area (Å²) < 4.78 is 5.89. The molecule has 0 saturated heterocycles. The van der Waals surface area contributed by atoms with Crippen molar-refractivity contribution in [3.8, 4) is 11.5 Å². The predicted molar refractivity (Wildman–Crippen MR) is 149 cm³/mol. The largest absolute Gasteiger partial charge is 0.457 e. The molecular weight excluding hydrogens is 498 g/mol. The molecule has 0 spiro atoms. The number of carbonyl (C=O) groups is 2. The van der Waals surface area contributed by atoms with Crippen molar-refractivity contribution in [2.45, 2.75) is 6.04 Å². The van der Waals surface area contributed by atoms with Crippen LogP contribution < -0.4 is 25.6 Å². The van der Waals surface area contributed by atoms with E-state index in [0.29, 0.717) is 39.1 Å². The molecule has 2 aromatic heterocycles. The highest BCUT2D eigenvalue weighted by molar-refractivity contribution is 7.21. The summed E-state index contributed by atoms with van der Waals surface area (Å²) in [4.78, 5) is 34.0. The normalized spacial score (nSPS) is 15.5. The number of aromatic nitrogens is 1. The van der Waals surface area contributed by atoms with E-state index in [0.717, 1.165) is 22.4 Å². The lowest BCUT2D eigenvalue weighted by molar-refractivity contribution is 0.0945. The van der Waals surface area contributed by atoms with Gasteiger partial charge in [-0.2, -0.15) is 0 Å². The summed E-state index contributed by atoms with van der Waals surface area (Å²) in [6.45, 7) is 0.610. The first-order valence-electron chi connectivity index (χ1n) is 12.1. The van der Waals surface area contributed by atoms with Crippen LogP contribution in [-0.4, -0.2) is 23.5 Å². The van der Waals surface area contributed by atoms with Crippen molar-refractivity contribution in [2.75, 3.05) is 22.1 Å². The SMILES string of the molecule is O=C(N[C@H]1CNc2ccccc21)c1sc2nccc3c2c1NC(=O)N3c1ccc(Oc2ccccc2)cc1. The molecule has 0 saturated carbocycles. The van der Waals surface area contributed by atoms with Crippen LogP contribution in [0, 0.1) is 0 Å². The van der Waals surface area contributed by atoms with Gasteiger partial charge in [-0.15, -0.1) is 11.3 Å². The third kappa shape index (κ3) is 3.72. The van der Waals surface area contributed by atoms with Gasteiger partial charge < -0.3 is 20.7 Å². The van der Waals surface area contributed by atoms with Gasteiger partial charge in [-0.25, -0.2) is 9.78 Å². The highest BCUT2D eigenvalue weighted by Gasteiger charge is 2.34. The quantitative estimate of drug-likeness (QED) is 0.241. The molecule has 0 unspecified atom stereocenters. The molecular formula is C29H21N5O3S. The second-order valence-electron chi connectivity index (χ2n) is 8.99. The van der Waals surface area contributed by atoms with Gasteiger partial charge in [0, 0.05) is 18.4 Å². The zero-order chi connectivity index (χ0) is 25.6. The Morgan fingerprint density at radius 3 is 2.58 bits per heavy atom. The number of urea groups is 1. The summed E-state index contributed by atoms with van der Waals surface area (Å²) in [7, 11) is 0. The molecule has 3 N–H and O–H groups in total. The Bertz CT molecular complexity index is 1700. The van der Waals surface area contributed by atoms with Gasteiger partial charge in [-0.3, -0.25) is 9.69 Å². The molecule has 1 atom stereocenters. The van der Waals surface area contributed by atoms with Gasteiger partial charge in [0.25, 0.3) is 5.91 Å². The van der Waals surface area contributed by atoms with Crippen LogP contribution in [0.3, 0.4) is 0 Å². The number of hydrogen-bond donors (Lipinski definition) is 3. The molecule has 186 valence electrons. The van der Waals surface area contributed by atoms with Crippen LogP contribution in [0.15, 0.2) is 91.1 Å². The average molecular weight is 520 g/mol. The monoisotopic (exact) mass is 519 g/mol. The molecule has 5 aromatic rings. The van der Waals surface area contributed by atoms with Crippen molar-refractivity contribution in [1.82, 2.24) is 10.3 Å². The molecule has 0 fully saturated rings. The van der Waals surface area contributed by atoms with Gasteiger partial charge in [0.1, 0.15) is 21.2 Å². The number of para-hydroxylation sites is 2. The zero-order valence-corrected chi connectivity index (χ0v) is 20.8. The highest BCUT2D eigenvalue weighted by Crippen LogP contribution is 2.46. The lowest BCUT2D eigenvalue weighted by atomic mass is 10.1. The van der Waals surface area contributed by atoms with Crippen molar-refractivity contribution in [3.05, 3.63) is 102 Å². The highest BCUT2D eigenvalue weighted by atomic mass is 32.1. The van der Waals surface area contributed by atoms with Crippen LogP contribution in [-0.2, 0) is 0 Å². The van der Waals surface area contributed by atoms with E-state index in [1.165, 1.54) is 11.3 Å². The third-order valence-electron chi connectivity index (χ3n) is 6.66. The van der Waals surface area contributed by atoms with Crippen LogP contribution in [0.2, 0.25) is 0 Å². The van der Waals surface area contributed by atoms with Crippen LogP contribution >= 0.6 is 11.3 Å². The molecule has 9 heteroatoms. The molecule has 4 heterocycles. The van der Waals surface area contributed by atoms with E-state index in [1.54, 1.807) is 17.2 Å². The number of carbonyl (C=O) groups excluding carboxylic acids is 2. The van der Waals surface area contributed by atoms with Crippen molar-refractivity contribution in [3.63, 3.8) is 0 Å². The first-order chi connectivity index (χ1) is 18.7. The molecule has 3 aromatic carbocycles. The Kier molecular flexibility index (Phi) is 5.22. The first-order valence-corrected chi connectivity index (χ1v) is 13.0. The fraction of sp³-hybridized carbons (Fsp3) is 0.0690. The van der Waals surface area contributed by atoms with Crippen molar-refractivity contribution in [1.29, 1.82) is 0 Å². The van der Waals surface area contributed by atoms with E-state index in [-0.39, 0.29) is 18.0 Å². The summed E-state index contributed by atoms with van der Waals surface area (Å²) >= 11 is 1.27. The molecule has 0 aliphatic carbocycles.